The van der Waals surface area contributed by atoms with Crippen molar-refractivity contribution in [1.29, 1.82) is 0 Å². The molecule has 126 valence electrons. The average Bonchev–Trinajstić information content (AvgIpc) is 3.07. The molecule has 0 radical (unpaired) electrons. The normalized spacial score (nSPS) is 12.5. The molecule has 3 heteroatoms. The first-order chi connectivity index (χ1) is 11.2. The lowest BCUT2D eigenvalue weighted by atomic mass is 9.89. The Kier molecular flexibility index (Phi) is 7.21. The summed E-state index contributed by atoms with van der Waals surface area (Å²) >= 11 is 0. The number of ether oxygens (including phenoxy) is 1. The van der Waals surface area contributed by atoms with Gasteiger partial charge in [-0.1, -0.05) is 32.4 Å². The number of furan rings is 1. The predicted octanol–water partition coefficient (Wildman–Crippen LogP) is 4.99. The summed E-state index contributed by atoms with van der Waals surface area (Å²) in [7, 11) is 1.71. The minimum absolute atomic E-state index is 0.590. The molecule has 0 bridgehead atoms. The molecule has 3 nitrogen and oxygen atoms in total. The Labute approximate surface area is 140 Å². The first kappa shape index (κ1) is 17.6. The van der Waals surface area contributed by atoms with Crippen molar-refractivity contribution in [3.63, 3.8) is 0 Å². The molecular weight excluding hydrogens is 286 g/mol. The standard InChI is InChI=1S/C20H29NO2/c1-16(2)6-7-18(17-8-10-19(22-3)11-9-17)12-13-21-15-20-5-4-14-23-20/h4-5,8-11,14,16,18,21H,6-7,12-13,15H2,1-3H3/t18-/m1/s1. The second kappa shape index (κ2) is 9.41. The van der Waals surface area contributed by atoms with Crippen molar-refractivity contribution in [2.75, 3.05) is 13.7 Å². The molecule has 0 saturated heterocycles. The number of nitrogens with one attached hydrogen (secondary N) is 1. The molecule has 2 rings (SSSR count). The van der Waals surface area contributed by atoms with E-state index in [-0.39, 0.29) is 0 Å². The van der Waals surface area contributed by atoms with Gasteiger partial charge in [-0.3, -0.25) is 0 Å². The molecule has 0 aliphatic rings. The first-order valence-corrected chi connectivity index (χ1v) is 8.56. The Balaban J connectivity index is 1.87. The smallest absolute Gasteiger partial charge is 0.118 e. The maximum absolute atomic E-state index is 5.35. The van der Waals surface area contributed by atoms with Gasteiger partial charge >= 0.3 is 0 Å². The van der Waals surface area contributed by atoms with Crippen molar-refractivity contribution >= 4 is 0 Å². The maximum Gasteiger partial charge on any atom is 0.118 e. The predicted molar refractivity (Wildman–Crippen MR) is 94.8 cm³/mol. The van der Waals surface area contributed by atoms with E-state index in [1.165, 1.54) is 18.4 Å². The zero-order valence-corrected chi connectivity index (χ0v) is 14.5. The highest BCUT2D eigenvalue weighted by atomic mass is 16.5. The molecule has 23 heavy (non-hydrogen) atoms. The SMILES string of the molecule is COc1ccc([C@@H](CCNCc2ccco2)CCC(C)C)cc1. The van der Waals surface area contributed by atoms with Crippen LogP contribution >= 0.6 is 0 Å². The van der Waals surface area contributed by atoms with Gasteiger partial charge in [-0.2, -0.15) is 0 Å². The summed E-state index contributed by atoms with van der Waals surface area (Å²) in [5.74, 6) is 3.25. The number of rotatable bonds is 10. The average molecular weight is 315 g/mol. The van der Waals surface area contributed by atoms with E-state index in [4.69, 9.17) is 9.15 Å². The van der Waals surface area contributed by atoms with Crippen LogP contribution in [0.2, 0.25) is 0 Å². The van der Waals surface area contributed by atoms with Crippen molar-refractivity contribution in [2.45, 2.75) is 45.6 Å². The third kappa shape index (κ3) is 6.11. The van der Waals surface area contributed by atoms with Crippen molar-refractivity contribution in [2.24, 2.45) is 5.92 Å². The number of methoxy groups -OCH3 is 1. The van der Waals surface area contributed by atoms with Gasteiger partial charge in [0.05, 0.1) is 19.9 Å². The fourth-order valence-corrected chi connectivity index (χ4v) is 2.79. The molecule has 2 aromatic rings. The maximum atomic E-state index is 5.35. The molecule has 0 saturated carbocycles. The van der Waals surface area contributed by atoms with Crippen LogP contribution in [0.5, 0.6) is 5.75 Å². The van der Waals surface area contributed by atoms with E-state index in [0.29, 0.717) is 5.92 Å². The summed E-state index contributed by atoms with van der Waals surface area (Å²) in [6.07, 6.45) is 5.35. The molecule has 0 amide bonds. The lowest BCUT2D eigenvalue weighted by Crippen LogP contribution is -2.17. The molecule has 1 atom stereocenters. The third-order valence-corrected chi connectivity index (χ3v) is 4.23. The highest BCUT2D eigenvalue weighted by Gasteiger charge is 2.12. The second-order valence-corrected chi connectivity index (χ2v) is 6.49. The van der Waals surface area contributed by atoms with Gasteiger partial charge in [-0.25, -0.2) is 0 Å². The second-order valence-electron chi connectivity index (χ2n) is 6.49. The molecule has 1 aromatic carbocycles. The van der Waals surface area contributed by atoms with Crippen LogP contribution in [0.25, 0.3) is 0 Å². The van der Waals surface area contributed by atoms with Crippen molar-refractivity contribution in [3.8, 4) is 5.75 Å². The van der Waals surface area contributed by atoms with E-state index in [9.17, 15) is 0 Å². The zero-order chi connectivity index (χ0) is 16.5. The molecule has 0 aliphatic carbocycles. The minimum Gasteiger partial charge on any atom is -0.497 e. The van der Waals surface area contributed by atoms with Crippen LogP contribution in [0.15, 0.2) is 47.1 Å². The number of hydrogen-bond donors (Lipinski definition) is 1. The summed E-state index contributed by atoms with van der Waals surface area (Å²) < 4.78 is 10.6. The third-order valence-electron chi connectivity index (χ3n) is 4.23. The lowest BCUT2D eigenvalue weighted by molar-refractivity contribution is 0.414. The Morgan fingerprint density at radius 2 is 1.83 bits per heavy atom. The van der Waals surface area contributed by atoms with Crippen LogP contribution in [-0.4, -0.2) is 13.7 Å². The molecule has 1 heterocycles. The molecule has 0 spiro atoms. The summed E-state index contributed by atoms with van der Waals surface area (Å²) in [5, 5.41) is 3.48. The summed E-state index contributed by atoms with van der Waals surface area (Å²) in [5.41, 5.74) is 1.41. The van der Waals surface area contributed by atoms with Crippen LogP contribution in [-0.2, 0) is 6.54 Å². The highest BCUT2D eigenvalue weighted by Crippen LogP contribution is 2.28. The van der Waals surface area contributed by atoms with Crippen molar-refractivity contribution < 1.29 is 9.15 Å². The highest BCUT2D eigenvalue weighted by molar-refractivity contribution is 5.29. The fraction of sp³-hybridized carbons (Fsp3) is 0.500. The van der Waals surface area contributed by atoms with Gasteiger partial charge in [0.25, 0.3) is 0 Å². The van der Waals surface area contributed by atoms with Gasteiger partial charge < -0.3 is 14.5 Å². The Hall–Kier alpha value is -1.74. The van der Waals surface area contributed by atoms with Crippen molar-refractivity contribution in [3.05, 3.63) is 54.0 Å². The van der Waals surface area contributed by atoms with Crippen LogP contribution in [0.3, 0.4) is 0 Å². The van der Waals surface area contributed by atoms with E-state index < -0.39 is 0 Å². The molecule has 1 N–H and O–H groups in total. The van der Waals surface area contributed by atoms with E-state index in [1.807, 2.05) is 12.1 Å². The summed E-state index contributed by atoms with van der Waals surface area (Å²) in [4.78, 5) is 0. The molecule has 0 unspecified atom stereocenters. The Morgan fingerprint density at radius 3 is 2.43 bits per heavy atom. The van der Waals surface area contributed by atoms with Crippen LogP contribution < -0.4 is 10.1 Å². The monoisotopic (exact) mass is 315 g/mol. The molecule has 0 fully saturated rings. The van der Waals surface area contributed by atoms with E-state index in [0.717, 1.165) is 36.9 Å². The van der Waals surface area contributed by atoms with Crippen LogP contribution in [0, 0.1) is 5.92 Å². The van der Waals surface area contributed by atoms with Gasteiger partial charge in [0.1, 0.15) is 11.5 Å². The van der Waals surface area contributed by atoms with Gasteiger partial charge in [0, 0.05) is 0 Å². The van der Waals surface area contributed by atoms with E-state index in [1.54, 1.807) is 13.4 Å². The fourth-order valence-electron chi connectivity index (χ4n) is 2.79. The Bertz CT molecular complexity index is 531. The topological polar surface area (TPSA) is 34.4 Å². The quantitative estimate of drug-likeness (QED) is 0.627. The molecule has 1 aromatic heterocycles. The van der Waals surface area contributed by atoms with Crippen LogP contribution in [0.1, 0.15) is 50.4 Å². The largest absolute Gasteiger partial charge is 0.497 e. The van der Waals surface area contributed by atoms with E-state index >= 15 is 0 Å². The molecule has 0 aliphatic heterocycles. The van der Waals surface area contributed by atoms with Gasteiger partial charge in [0.2, 0.25) is 0 Å². The summed E-state index contributed by atoms with van der Waals surface area (Å²) in [6.45, 7) is 6.38. The lowest BCUT2D eigenvalue weighted by Gasteiger charge is -2.19. The minimum atomic E-state index is 0.590. The summed E-state index contributed by atoms with van der Waals surface area (Å²) in [6, 6.07) is 12.5. The van der Waals surface area contributed by atoms with Gasteiger partial charge in [-0.15, -0.1) is 0 Å². The van der Waals surface area contributed by atoms with Gasteiger partial charge in [0.15, 0.2) is 0 Å². The van der Waals surface area contributed by atoms with E-state index in [2.05, 4.69) is 43.4 Å². The Morgan fingerprint density at radius 1 is 1.04 bits per heavy atom. The zero-order valence-electron chi connectivity index (χ0n) is 14.5. The number of hydrogen-bond acceptors (Lipinski definition) is 3. The first-order valence-electron chi connectivity index (χ1n) is 8.56. The van der Waals surface area contributed by atoms with Crippen molar-refractivity contribution in [1.82, 2.24) is 5.32 Å². The molecular formula is C20H29NO2. The van der Waals surface area contributed by atoms with Gasteiger partial charge in [-0.05, 0) is 61.1 Å². The number of benzene rings is 1. The van der Waals surface area contributed by atoms with Crippen LogP contribution in [0.4, 0.5) is 0 Å².